The molecule has 0 aliphatic carbocycles. The number of hydrogen-bond donors (Lipinski definition) is 1. The van der Waals surface area contributed by atoms with Crippen LogP contribution in [0.5, 0.6) is 0 Å². The Morgan fingerprint density at radius 3 is 2.43 bits per heavy atom. The largest absolute Gasteiger partial charge is 0.284 e. The predicted octanol–water partition coefficient (Wildman–Crippen LogP) is 3.27. The Kier molecular flexibility index (Phi) is 3.35. The molecule has 0 fully saturated rings. The first-order valence-electron chi connectivity index (χ1n) is 6.45. The third-order valence-corrected chi connectivity index (χ3v) is 3.67. The van der Waals surface area contributed by atoms with E-state index < -0.39 is 10.0 Å². The average molecular weight is 298 g/mol. The molecule has 5 heteroatoms. The molecule has 4 nitrogen and oxygen atoms in total. The van der Waals surface area contributed by atoms with E-state index in [9.17, 15) is 8.42 Å². The van der Waals surface area contributed by atoms with Gasteiger partial charge in [0.1, 0.15) is 0 Å². The smallest absolute Gasteiger partial charge is 0.229 e. The summed E-state index contributed by atoms with van der Waals surface area (Å²) in [6.45, 7) is 0. The van der Waals surface area contributed by atoms with Gasteiger partial charge in [0.25, 0.3) is 0 Å². The number of aromatic nitrogens is 1. The molecule has 3 aromatic rings. The van der Waals surface area contributed by atoms with E-state index in [1.54, 1.807) is 12.1 Å². The summed E-state index contributed by atoms with van der Waals surface area (Å²) in [4.78, 5) is 4.61. The SMILES string of the molecule is CS(=O)(=O)Nc1ccc2nc(-c3ccccc3)ccc2c1. The summed E-state index contributed by atoms with van der Waals surface area (Å²) in [5.74, 6) is 0. The molecule has 0 atom stereocenters. The summed E-state index contributed by atoms with van der Waals surface area (Å²) in [5, 5.41) is 0.892. The normalized spacial score (nSPS) is 11.5. The summed E-state index contributed by atoms with van der Waals surface area (Å²) in [5.41, 5.74) is 3.32. The second-order valence-electron chi connectivity index (χ2n) is 4.84. The molecule has 0 amide bonds. The van der Waals surface area contributed by atoms with E-state index in [0.29, 0.717) is 5.69 Å². The van der Waals surface area contributed by atoms with Gasteiger partial charge in [0.2, 0.25) is 10.0 Å². The van der Waals surface area contributed by atoms with Gasteiger partial charge in [0.15, 0.2) is 0 Å². The molecule has 0 aliphatic heterocycles. The zero-order chi connectivity index (χ0) is 14.9. The van der Waals surface area contributed by atoms with Crippen LogP contribution in [0.2, 0.25) is 0 Å². The highest BCUT2D eigenvalue weighted by molar-refractivity contribution is 7.92. The van der Waals surface area contributed by atoms with Crippen molar-refractivity contribution in [1.29, 1.82) is 0 Å². The van der Waals surface area contributed by atoms with Gasteiger partial charge in [0, 0.05) is 16.6 Å². The van der Waals surface area contributed by atoms with Crippen LogP contribution in [0.1, 0.15) is 0 Å². The number of hydrogen-bond acceptors (Lipinski definition) is 3. The first-order chi connectivity index (χ1) is 10.0. The monoisotopic (exact) mass is 298 g/mol. The molecule has 0 spiro atoms. The first-order valence-corrected chi connectivity index (χ1v) is 8.34. The van der Waals surface area contributed by atoms with E-state index >= 15 is 0 Å². The highest BCUT2D eigenvalue weighted by Crippen LogP contribution is 2.23. The van der Waals surface area contributed by atoms with Crippen LogP contribution in [0.25, 0.3) is 22.2 Å². The first kappa shape index (κ1) is 13.6. The molecular formula is C16H14N2O2S. The Morgan fingerprint density at radius 1 is 0.952 bits per heavy atom. The maximum Gasteiger partial charge on any atom is 0.229 e. The molecule has 0 unspecified atom stereocenters. The quantitative estimate of drug-likeness (QED) is 0.807. The van der Waals surface area contributed by atoms with Gasteiger partial charge < -0.3 is 0 Å². The van der Waals surface area contributed by atoms with Crippen LogP contribution in [0.4, 0.5) is 5.69 Å². The van der Waals surface area contributed by atoms with Crippen LogP contribution in [0, 0.1) is 0 Å². The van der Waals surface area contributed by atoms with Crippen molar-refractivity contribution in [1.82, 2.24) is 4.98 Å². The fraction of sp³-hybridized carbons (Fsp3) is 0.0625. The fourth-order valence-electron chi connectivity index (χ4n) is 2.17. The molecule has 3 rings (SSSR count). The van der Waals surface area contributed by atoms with Crippen molar-refractivity contribution >= 4 is 26.6 Å². The van der Waals surface area contributed by atoms with Crippen molar-refractivity contribution in [2.75, 3.05) is 11.0 Å². The number of rotatable bonds is 3. The minimum absolute atomic E-state index is 0.541. The molecule has 106 valence electrons. The molecule has 2 aromatic carbocycles. The molecule has 1 aromatic heterocycles. The third kappa shape index (κ3) is 3.20. The number of nitrogens with zero attached hydrogens (tertiary/aromatic N) is 1. The molecule has 0 saturated heterocycles. The third-order valence-electron chi connectivity index (χ3n) is 3.06. The van der Waals surface area contributed by atoms with Crippen molar-refractivity contribution < 1.29 is 8.42 Å². The Balaban J connectivity index is 2.03. The van der Waals surface area contributed by atoms with Gasteiger partial charge >= 0.3 is 0 Å². The lowest BCUT2D eigenvalue weighted by molar-refractivity contribution is 0.607. The molecule has 21 heavy (non-hydrogen) atoms. The minimum Gasteiger partial charge on any atom is -0.284 e. The van der Waals surface area contributed by atoms with Crippen molar-refractivity contribution in [3.8, 4) is 11.3 Å². The van der Waals surface area contributed by atoms with Crippen LogP contribution in [-0.4, -0.2) is 19.7 Å². The number of nitrogens with one attached hydrogen (secondary N) is 1. The molecule has 1 heterocycles. The summed E-state index contributed by atoms with van der Waals surface area (Å²) in [6, 6.07) is 19.1. The molecule has 0 saturated carbocycles. The Bertz CT molecular complexity index is 891. The predicted molar refractivity (Wildman–Crippen MR) is 85.6 cm³/mol. The zero-order valence-electron chi connectivity index (χ0n) is 11.4. The highest BCUT2D eigenvalue weighted by Gasteiger charge is 2.05. The lowest BCUT2D eigenvalue weighted by Crippen LogP contribution is -2.09. The Morgan fingerprint density at radius 2 is 1.71 bits per heavy atom. The summed E-state index contributed by atoms with van der Waals surface area (Å²) < 4.78 is 25.0. The van der Waals surface area contributed by atoms with E-state index in [4.69, 9.17) is 0 Å². The lowest BCUT2D eigenvalue weighted by Gasteiger charge is -2.07. The standard InChI is InChI=1S/C16H14N2O2S/c1-21(19,20)18-14-8-10-16-13(11-14)7-9-15(17-16)12-5-3-2-4-6-12/h2-11,18H,1H3. The lowest BCUT2D eigenvalue weighted by atomic mass is 10.1. The zero-order valence-corrected chi connectivity index (χ0v) is 12.3. The summed E-state index contributed by atoms with van der Waals surface area (Å²) in [7, 11) is -3.27. The number of sulfonamides is 1. The van der Waals surface area contributed by atoms with Crippen LogP contribution in [-0.2, 0) is 10.0 Å². The van der Waals surface area contributed by atoms with Crippen LogP contribution in [0.15, 0.2) is 60.7 Å². The van der Waals surface area contributed by atoms with Gasteiger partial charge in [-0.15, -0.1) is 0 Å². The average Bonchev–Trinajstić information content (AvgIpc) is 2.46. The Labute approximate surface area is 123 Å². The van der Waals surface area contributed by atoms with E-state index in [2.05, 4.69) is 9.71 Å². The van der Waals surface area contributed by atoms with Gasteiger partial charge in [0.05, 0.1) is 17.5 Å². The van der Waals surface area contributed by atoms with Crippen molar-refractivity contribution in [3.05, 3.63) is 60.7 Å². The fourth-order valence-corrected chi connectivity index (χ4v) is 2.73. The van der Waals surface area contributed by atoms with E-state index in [-0.39, 0.29) is 0 Å². The molecule has 1 N–H and O–H groups in total. The van der Waals surface area contributed by atoms with Gasteiger partial charge in [-0.1, -0.05) is 36.4 Å². The maximum absolute atomic E-state index is 11.2. The van der Waals surface area contributed by atoms with Gasteiger partial charge in [-0.3, -0.25) is 4.72 Å². The van der Waals surface area contributed by atoms with Crippen molar-refractivity contribution in [3.63, 3.8) is 0 Å². The van der Waals surface area contributed by atoms with Gasteiger partial charge in [-0.05, 0) is 24.3 Å². The van der Waals surface area contributed by atoms with Gasteiger partial charge in [-0.25, -0.2) is 13.4 Å². The molecule has 0 bridgehead atoms. The van der Waals surface area contributed by atoms with Crippen LogP contribution < -0.4 is 4.72 Å². The van der Waals surface area contributed by atoms with Gasteiger partial charge in [-0.2, -0.15) is 0 Å². The summed E-state index contributed by atoms with van der Waals surface area (Å²) in [6.07, 6.45) is 1.13. The molecular weight excluding hydrogens is 284 g/mol. The van der Waals surface area contributed by atoms with Crippen molar-refractivity contribution in [2.45, 2.75) is 0 Å². The molecule has 0 aliphatic rings. The topological polar surface area (TPSA) is 59.1 Å². The van der Waals surface area contributed by atoms with E-state index in [0.717, 1.165) is 28.4 Å². The van der Waals surface area contributed by atoms with Crippen LogP contribution >= 0.6 is 0 Å². The van der Waals surface area contributed by atoms with Crippen molar-refractivity contribution in [2.24, 2.45) is 0 Å². The second-order valence-corrected chi connectivity index (χ2v) is 6.59. The number of benzene rings is 2. The second kappa shape index (κ2) is 5.18. The molecule has 0 radical (unpaired) electrons. The number of anilines is 1. The van der Waals surface area contributed by atoms with E-state index in [1.165, 1.54) is 0 Å². The maximum atomic E-state index is 11.2. The number of fused-ring (bicyclic) bond motifs is 1. The number of pyridine rings is 1. The Hall–Kier alpha value is -2.40. The minimum atomic E-state index is -3.27. The summed E-state index contributed by atoms with van der Waals surface area (Å²) >= 11 is 0. The van der Waals surface area contributed by atoms with Crippen LogP contribution in [0.3, 0.4) is 0 Å². The van der Waals surface area contributed by atoms with E-state index in [1.807, 2.05) is 48.5 Å². The highest BCUT2D eigenvalue weighted by atomic mass is 32.2.